The van der Waals surface area contributed by atoms with Gasteiger partial charge in [0.2, 0.25) is 0 Å². The number of rotatable bonds is 5. The fourth-order valence-electron chi connectivity index (χ4n) is 3.01. The number of ether oxygens (including phenoxy) is 4. The van der Waals surface area contributed by atoms with Crippen LogP contribution >= 0.6 is 0 Å². The summed E-state index contributed by atoms with van der Waals surface area (Å²) in [7, 11) is 0. The summed E-state index contributed by atoms with van der Waals surface area (Å²) in [5, 5.41) is 50.0. The molecule has 2 aliphatic rings. The third-order valence-corrected chi connectivity index (χ3v) is 4.94. The largest absolute Gasteiger partial charge is 0.463 e. The zero-order chi connectivity index (χ0) is 19.6. The first-order valence-corrected chi connectivity index (χ1v) is 8.59. The molecule has 0 aromatic rings. The second-order valence-electron chi connectivity index (χ2n) is 6.87. The van der Waals surface area contributed by atoms with E-state index < -0.39 is 55.0 Å². The molecule has 10 heteroatoms. The molecule has 0 aromatic carbocycles. The van der Waals surface area contributed by atoms with Crippen LogP contribution in [0.1, 0.15) is 20.8 Å². The van der Waals surface area contributed by atoms with Crippen molar-refractivity contribution in [1.29, 1.82) is 0 Å². The van der Waals surface area contributed by atoms with E-state index in [1.165, 1.54) is 6.92 Å². The molecule has 0 aliphatic carbocycles. The molecule has 0 spiro atoms. The summed E-state index contributed by atoms with van der Waals surface area (Å²) in [6, 6.07) is 0. The highest BCUT2D eigenvalue weighted by Gasteiger charge is 2.46. The lowest BCUT2D eigenvalue weighted by Gasteiger charge is -2.43. The van der Waals surface area contributed by atoms with Crippen LogP contribution in [0.4, 0.5) is 0 Å². The molecule has 0 bridgehead atoms. The van der Waals surface area contributed by atoms with Gasteiger partial charge in [-0.15, -0.1) is 0 Å². The number of carbonyl (C=O) groups excluding carboxylic acids is 1. The average molecular weight is 380 g/mol. The summed E-state index contributed by atoms with van der Waals surface area (Å²) in [5.74, 6) is -0.849. The van der Waals surface area contributed by atoms with Crippen molar-refractivity contribution >= 4 is 5.97 Å². The molecule has 0 radical (unpaired) electrons. The van der Waals surface area contributed by atoms with Crippen LogP contribution in [0.2, 0.25) is 0 Å². The maximum absolute atomic E-state index is 10.9. The monoisotopic (exact) mass is 380 g/mol. The Labute approximate surface area is 151 Å². The molecule has 5 unspecified atom stereocenters. The molecular weight excluding hydrogens is 352 g/mol. The van der Waals surface area contributed by atoms with Crippen molar-refractivity contribution in [2.45, 2.75) is 75.9 Å². The van der Waals surface area contributed by atoms with Gasteiger partial charge in [0, 0.05) is 12.8 Å². The smallest absolute Gasteiger partial charge is 0.302 e. The summed E-state index contributed by atoms with van der Waals surface area (Å²) < 4.78 is 21.2. The fourth-order valence-corrected chi connectivity index (χ4v) is 3.01. The van der Waals surface area contributed by atoms with Crippen molar-refractivity contribution in [2.24, 2.45) is 5.92 Å². The molecule has 10 nitrogen and oxygen atoms in total. The Hall–Kier alpha value is -0.850. The second-order valence-corrected chi connectivity index (χ2v) is 6.87. The number of aliphatic hydroxyl groups is 5. The predicted molar refractivity (Wildman–Crippen MR) is 84.8 cm³/mol. The van der Waals surface area contributed by atoms with E-state index in [9.17, 15) is 30.3 Å². The summed E-state index contributed by atoms with van der Waals surface area (Å²) in [5.41, 5.74) is 0. The third-order valence-electron chi connectivity index (χ3n) is 4.94. The molecule has 152 valence electrons. The maximum Gasteiger partial charge on any atom is 0.302 e. The quantitative estimate of drug-likeness (QED) is 0.324. The lowest BCUT2D eigenvalue weighted by Crippen LogP contribution is -2.60. The van der Waals surface area contributed by atoms with Crippen molar-refractivity contribution in [2.75, 3.05) is 13.2 Å². The van der Waals surface area contributed by atoms with Crippen LogP contribution < -0.4 is 0 Å². The lowest BCUT2D eigenvalue weighted by atomic mass is 9.89. The van der Waals surface area contributed by atoms with Gasteiger partial charge in [-0.25, -0.2) is 0 Å². The van der Waals surface area contributed by atoms with Gasteiger partial charge in [-0.1, -0.05) is 6.92 Å². The molecule has 5 N–H and O–H groups in total. The van der Waals surface area contributed by atoms with Crippen LogP contribution in [-0.4, -0.2) is 99.8 Å². The molecule has 0 saturated carbocycles. The van der Waals surface area contributed by atoms with Gasteiger partial charge in [-0.2, -0.15) is 0 Å². The first kappa shape index (κ1) is 21.5. The van der Waals surface area contributed by atoms with Gasteiger partial charge < -0.3 is 44.5 Å². The Morgan fingerprint density at radius 1 is 0.846 bits per heavy atom. The van der Waals surface area contributed by atoms with Crippen molar-refractivity contribution in [3.8, 4) is 0 Å². The number of esters is 1. The molecule has 0 amide bonds. The third kappa shape index (κ3) is 4.70. The zero-order valence-corrected chi connectivity index (χ0v) is 15.0. The maximum atomic E-state index is 10.9. The Morgan fingerprint density at radius 2 is 1.42 bits per heavy atom. The fraction of sp³-hybridized carbons (Fsp3) is 0.938. The van der Waals surface area contributed by atoms with Crippen molar-refractivity contribution in [3.63, 3.8) is 0 Å². The van der Waals surface area contributed by atoms with Gasteiger partial charge in [0.1, 0.15) is 43.2 Å². The van der Waals surface area contributed by atoms with Gasteiger partial charge in [0.15, 0.2) is 6.29 Å². The molecule has 26 heavy (non-hydrogen) atoms. The van der Waals surface area contributed by atoms with Crippen molar-refractivity contribution in [1.82, 2.24) is 0 Å². The van der Waals surface area contributed by atoms with E-state index in [4.69, 9.17) is 18.9 Å². The number of carbonyl (C=O) groups is 1. The Morgan fingerprint density at radius 3 is 2.04 bits per heavy atom. The van der Waals surface area contributed by atoms with Crippen LogP contribution in [0.3, 0.4) is 0 Å². The Kier molecular flexibility index (Phi) is 7.34. The van der Waals surface area contributed by atoms with E-state index in [2.05, 4.69) is 0 Å². The number of hydrogen-bond donors (Lipinski definition) is 5. The molecule has 0 aromatic heterocycles. The molecule has 10 atom stereocenters. The molecule has 2 aliphatic heterocycles. The summed E-state index contributed by atoms with van der Waals surface area (Å²) in [4.78, 5) is 10.9. The minimum atomic E-state index is -1.57. The zero-order valence-electron chi connectivity index (χ0n) is 15.0. The van der Waals surface area contributed by atoms with Crippen LogP contribution in [0.25, 0.3) is 0 Å². The average Bonchev–Trinajstić information content (AvgIpc) is 2.60. The highest BCUT2D eigenvalue weighted by atomic mass is 16.7. The van der Waals surface area contributed by atoms with Crippen LogP contribution in [0.15, 0.2) is 0 Å². The topological polar surface area (TPSA) is 155 Å². The number of aliphatic hydroxyl groups excluding tert-OH is 5. The number of hydrogen-bond acceptors (Lipinski definition) is 10. The lowest BCUT2D eigenvalue weighted by molar-refractivity contribution is -0.312. The summed E-state index contributed by atoms with van der Waals surface area (Å²) in [6.07, 6.45) is -10.4. The molecule has 2 saturated heterocycles. The predicted octanol–water partition coefficient (Wildman–Crippen LogP) is -2.48. The van der Waals surface area contributed by atoms with E-state index in [-0.39, 0.29) is 25.2 Å². The van der Waals surface area contributed by atoms with Crippen LogP contribution in [-0.2, 0) is 23.7 Å². The van der Waals surface area contributed by atoms with E-state index in [0.29, 0.717) is 0 Å². The molecular formula is C16H28O10. The highest BCUT2D eigenvalue weighted by molar-refractivity contribution is 5.65. The van der Waals surface area contributed by atoms with Gasteiger partial charge in [-0.05, 0) is 6.92 Å². The van der Waals surface area contributed by atoms with E-state index in [1.54, 1.807) is 13.8 Å². The van der Waals surface area contributed by atoms with E-state index in [0.717, 1.165) is 0 Å². The van der Waals surface area contributed by atoms with Crippen LogP contribution in [0, 0.1) is 5.92 Å². The first-order valence-electron chi connectivity index (χ1n) is 8.59. The van der Waals surface area contributed by atoms with E-state index in [1.807, 2.05) is 0 Å². The first-order chi connectivity index (χ1) is 12.1. The van der Waals surface area contributed by atoms with Crippen molar-refractivity contribution in [3.05, 3.63) is 0 Å². The standard InChI is InChI=1S/C16H28O10/c1-6-7(2)25-9(12(19)11(6)18)5-24-16-15(22)14(21)13(20)10(26-16)4-23-8(3)17/h6-7,9-16,18-22H,4-5H2,1-3H3/t6?,7?,9?,10?,11-,12-,13+,14+,15?,16+/m1/s1. The highest BCUT2D eigenvalue weighted by Crippen LogP contribution is 2.27. The minimum Gasteiger partial charge on any atom is -0.463 e. The van der Waals surface area contributed by atoms with Gasteiger partial charge in [-0.3, -0.25) is 4.79 Å². The van der Waals surface area contributed by atoms with Crippen molar-refractivity contribution < 1.29 is 49.3 Å². The second kappa shape index (κ2) is 8.89. The van der Waals surface area contributed by atoms with E-state index >= 15 is 0 Å². The molecule has 2 rings (SSSR count). The Balaban J connectivity index is 1.95. The molecule has 2 heterocycles. The van der Waals surface area contributed by atoms with Gasteiger partial charge in [0.25, 0.3) is 0 Å². The van der Waals surface area contributed by atoms with Crippen LogP contribution in [0.5, 0.6) is 0 Å². The van der Waals surface area contributed by atoms with Gasteiger partial charge >= 0.3 is 5.97 Å². The van der Waals surface area contributed by atoms with Gasteiger partial charge in [0.05, 0.1) is 18.8 Å². The molecule has 2 fully saturated rings. The minimum absolute atomic E-state index is 0.222. The summed E-state index contributed by atoms with van der Waals surface area (Å²) >= 11 is 0. The Bertz CT molecular complexity index is 474. The summed E-state index contributed by atoms with van der Waals surface area (Å²) in [6.45, 7) is 4.15. The SMILES string of the molecule is CC(=O)OCC1O[C@H](OCC2OC(C)C(C)[C@@H](O)[C@@H]2O)C(O)[C@@H](O)[C@H]1O. The normalized spacial score (nSPS) is 46.8.